The minimum atomic E-state index is -0.945. The third-order valence-corrected chi connectivity index (χ3v) is 5.89. The summed E-state index contributed by atoms with van der Waals surface area (Å²) in [5.74, 6) is -0.126. The van der Waals surface area contributed by atoms with Crippen LogP contribution in [0.5, 0.6) is 0 Å². The Morgan fingerprint density at radius 3 is 2.61 bits per heavy atom. The van der Waals surface area contributed by atoms with Crippen LogP contribution in [0.4, 0.5) is 5.95 Å². The number of fused-ring (bicyclic) bond motifs is 1. The quantitative estimate of drug-likeness (QED) is 0.532. The van der Waals surface area contributed by atoms with Gasteiger partial charge in [0.05, 0.1) is 30.0 Å². The second-order valence-corrected chi connectivity index (χ2v) is 8.25. The molecule has 1 aromatic carbocycles. The van der Waals surface area contributed by atoms with Crippen molar-refractivity contribution < 1.29 is 19.7 Å². The van der Waals surface area contributed by atoms with Gasteiger partial charge in [-0.1, -0.05) is 12.1 Å². The third-order valence-electron chi connectivity index (χ3n) is 5.89. The summed E-state index contributed by atoms with van der Waals surface area (Å²) in [5, 5.41) is 27.2. The average molecular weight is 425 g/mol. The minimum absolute atomic E-state index is 0.0642. The summed E-state index contributed by atoms with van der Waals surface area (Å²) >= 11 is 0. The summed E-state index contributed by atoms with van der Waals surface area (Å²) in [5.41, 5.74) is 4.10. The molecule has 3 aromatic rings. The summed E-state index contributed by atoms with van der Waals surface area (Å²) in [6.45, 7) is 2.55. The summed E-state index contributed by atoms with van der Waals surface area (Å²) < 4.78 is 7.13. The SMILES string of the molecule is COCC(C)Nc1ncc2c(-c3ccc(C(=O)O)cc3)cc(C3CCC(O)CC3)n2n1. The van der Waals surface area contributed by atoms with E-state index in [2.05, 4.69) is 16.4 Å². The fourth-order valence-corrected chi connectivity index (χ4v) is 4.28. The molecule has 1 aliphatic carbocycles. The highest BCUT2D eigenvalue weighted by Crippen LogP contribution is 2.37. The minimum Gasteiger partial charge on any atom is -0.478 e. The smallest absolute Gasteiger partial charge is 0.335 e. The number of carbonyl (C=O) groups is 1. The zero-order chi connectivity index (χ0) is 22.0. The van der Waals surface area contributed by atoms with E-state index in [-0.39, 0.29) is 17.7 Å². The number of carboxylic acid groups (broad SMARTS) is 1. The molecule has 1 aliphatic rings. The van der Waals surface area contributed by atoms with Crippen LogP contribution < -0.4 is 5.32 Å². The molecular formula is C23H28N4O4. The number of aliphatic hydroxyl groups excluding tert-OH is 1. The van der Waals surface area contributed by atoms with Crippen LogP contribution in [0.25, 0.3) is 16.6 Å². The van der Waals surface area contributed by atoms with Crippen LogP contribution in [0.1, 0.15) is 54.6 Å². The average Bonchev–Trinajstić information content (AvgIpc) is 3.13. The van der Waals surface area contributed by atoms with Gasteiger partial charge in [-0.05, 0) is 56.4 Å². The van der Waals surface area contributed by atoms with Crippen molar-refractivity contribution >= 4 is 17.4 Å². The molecule has 1 fully saturated rings. The van der Waals surface area contributed by atoms with Gasteiger partial charge in [-0.15, -0.1) is 5.10 Å². The third kappa shape index (κ3) is 4.55. The van der Waals surface area contributed by atoms with Gasteiger partial charge in [-0.3, -0.25) is 0 Å². The van der Waals surface area contributed by atoms with Crippen molar-refractivity contribution in [1.29, 1.82) is 0 Å². The molecule has 0 spiro atoms. The van der Waals surface area contributed by atoms with E-state index in [1.54, 1.807) is 25.4 Å². The maximum Gasteiger partial charge on any atom is 0.335 e. The molecule has 0 bridgehead atoms. The number of nitrogens with zero attached hydrogens (tertiary/aromatic N) is 3. The van der Waals surface area contributed by atoms with Crippen molar-refractivity contribution in [2.75, 3.05) is 19.0 Å². The summed E-state index contributed by atoms with van der Waals surface area (Å²) in [6, 6.07) is 9.06. The van der Waals surface area contributed by atoms with Crippen LogP contribution >= 0.6 is 0 Å². The molecule has 0 saturated heterocycles. The Hall–Kier alpha value is -2.97. The van der Waals surface area contributed by atoms with Gasteiger partial charge in [0.25, 0.3) is 0 Å². The first-order valence-electron chi connectivity index (χ1n) is 10.6. The predicted octanol–water partition coefficient (Wildman–Crippen LogP) is 3.56. The number of ether oxygens (including phenoxy) is 1. The summed E-state index contributed by atoms with van der Waals surface area (Å²) in [7, 11) is 1.66. The standard InChI is InChI=1S/C23H28N4O4/c1-14(13-31-2)25-23-24-12-21-19(15-3-5-17(6-4-15)22(29)30)11-20(27(21)26-23)16-7-9-18(28)10-8-16/h3-6,11-12,14,16,18,28H,7-10,13H2,1-2H3,(H,25,26)(H,29,30). The van der Waals surface area contributed by atoms with Crippen molar-refractivity contribution in [2.24, 2.45) is 0 Å². The highest BCUT2D eigenvalue weighted by molar-refractivity contribution is 5.89. The molecule has 2 aromatic heterocycles. The van der Waals surface area contributed by atoms with E-state index in [1.165, 1.54) is 0 Å². The zero-order valence-corrected chi connectivity index (χ0v) is 17.8. The molecule has 164 valence electrons. The van der Waals surface area contributed by atoms with Gasteiger partial charge >= 0.3 is 5.97 Å². The van der Waals surface area contributed by atoms with Gasteiger partial charge in [0.15, 0.2) is 0 Å². The van der Waals surface area contributed by atoms with Gasteiger partial charge in [0.1, 0.15) is 0 Å². The van der Waals surface area contributed by atoms with Gasteiger partial charge in [-0.2, -0.15) is 0 Å². The Labute approximate surface area is 180 Å². The fraction of sp³-hybridized carbons (Fsp3) is 0.435. The summed E-state index contributed by atoms with van der Waals surface area (Å²) in [4.78, 5) is 15.7. The fourth-order valence-electron chi connectivity index (χ4n) is 4.28. The van der Waals surface area contributed by atoms with E-state index >= 15 is 0 Å². The number of nitrogens with one attached hydrogen (secondary N) is 1. The lowest BCUT2D eigenvalue weighted by Crippen LogP contribution is -2.23. The van der Waals surface area contributed by atoms with E-state index in [9.17, 15) is 15.0 Å². The molecule has 2 heterocycles. The Kier molecular flexibility index (Phi) is 6.20. The van der Waals surface area contributed by atoms with Gasteiger partial charge in [0, 0.05) is 30.3 Å². The molecular weight excluding hydrogens is 396 g/mol. The Morgan fingerprint density at radius 2 is 1.97 bits per heavy atom. The Bertz CT molecular complexity index is 1060. The molecule has 8 heteroatoms. The van der Waals surface area contributed by atoms with E-state index in [4.69, 9.17) is 9.84 Å². The monoisotopic (exact) mass is 424 g/mol. The highest BCUT2D eigenvalue weighted by atomic mass is 16.5. The van der Waals surface area contributed by atoms with Crippen molar-refractivity contribution in [2.45, 2.75) is 50.7 Å². The van der Waals surface area contributed by atoms with E-state index < -0.39 is 5.97 Å². The first kappa shape index (κ1) is 21.3. The number of aliphatic hydroxyl groups is 1. The van der Waals surface area contributed by atoms with Crippen molar-refractivity contribution in [1.82, 2.24) is 14.6 Å². The van der Waals surface area contributed by atoms with Crippen LogP contribution in [-0.4, -0.2) is 56.6 Å². The molecule has 1 unspecified atom stereocenters. The second kappa shape index (κ2) is 9.03. The van der Waals surface area contributed by atoms with E-state index in [0.29, 0.717) is 18.5 Å². The molecule has 1 atom stereocenters. The number of benzene rings is 1. The molecule has 3 N–H and O–H groups in total. The summed E-state index contributed by atoms with van der Waals surface area (Å²) in [6.07, 6.45) is 4.93. The van der Waals surface area contributed by atoms with E-state index in [1.807, 2.05) is 23.6 Å². The molecule has 31 heavy (non-hydrogen) atoms. The Balaban J connectivity index is 1.76. The zero-order valence-electron chi connectivity index (χ0n) is 17.8. The molecule has 0 aliphatic heterocycles. The first-order valence-corrected chi connectivity index (χ1v) is 10.6. The van der Waals surface area contributed by atoms with Crippen LogP contribution in [0, 0.1) is 0 Å². The number of carboxylic acids is 1. The first-order chi connectivity index (χ1) is 15.0. The Morgan fingerprint density at radius 1 is 1.26 bits per heavy atom. The lowest BCUT2D eigenvalue weighted by molar-refractivity contribution is 0.0697. The van der Waals surface area contributed by atoms with Crippen molar-refractivity contribution in [3.63, 3.8) is 0 Å². The molecule has 8 nitrogen and oxygen atoms in total. The number of aromatic carboxylic acids is 1. The molecule has 0 radical (unpaired) electrons. The lowest BCUT2D eigenvalue weighted by atomic mass is 9.85. The number of aromatic nitrogens is 3. The van der Waals surface area contributed by atoms with Crippen LogP contribution in [0.3, 0.4) is 0 Å². The van der Waals surface area contributed by atoms with Gasteiger partial charge < -0.3 is 20.3 Å². The number of hydrogen-bond donors (Lipinski definition) is 3. The second-order valence-electron chi connectivity index (χ2n) is 8.25. The van der Waals surface area contributed by atoms with Gasteiger partial charge in [0.2, 0.25) is 5.95 Å². The van der Waals surface area contributed by atoms with Gasteiger partial charge in [-0.25, -0.2) is 14.3 Å². The maximum atomic E-state index is 11.2. The number of anilines is 1. The van der Waals surface area contributed by atoms with Crippen LogP contribution in [0.2, 0.25) is 0 Å². The van der Waals surface area contributed by atoms with E-state index in [0.717, 1.165) is 48.0 Å². The van der Waals surface area contributed by atoms with Crippen molar-refractivity contribution in [3.05, 3.63) is 47.8 Å². The normalized spacial score (nSPS) is 20.0. The van der Waals surface area contributed by atoms with Crippen LogP contribution in [0.15, 0.2) is 36.5 Å². The number of hydrogen-bond acceptors (Lipinski definition) is 6. The predicted molar refractivity (Wildman–Crippen MR) is 118 cm³/mol. The largest absolute Gasteiger partial charge is 0.478 e. The molecule has 0 amide bonds. The highest BCUT2D eigenvalue weighted by Gasteiger charge is 2.25. The molecule has 4 rings (SSSR count). The van der Waals surface area contributed by atoms with Crippen molar-refractivity contribution in [3.8, 4) is 11.1 Å². The van der Waals surface area contributed by atoms with Crippen LogP contribution in [-0.2, 0) is 4.74 Å². The molecule has 1 saturated carbocycles. The number of rotatable bonds is 7. The lowest BCUT2D eigenvalue weighted by Gasteiger charge is -2.25. The topological polar surface area (TPSA) is 109 Å². The number of methoxy groups -OCH3 is 1. The maximum absolute atomic E-state index is 11.2.